The molecule has 5 nitrogen and oxygen atoms in total. The van der Waals surface area contributed by atoms with Crippen molar-refractivity contribution in [1.82, 2.24) is 8.75 Å². The normalized spacial score (nSPS) is 12.8. The van der Waals surface area contributed by atoms with Crippen LogP contribution in [0.2, 0.25) is 0 Å². The predicted octanol–water partition coefficient (Wildman–Crippen LogP) is 17.8. The van der Waals surface area contributed by atoms with E-state index in [2.05, 4.69) is 217 Å². The number of carbonyl (C=O) groups excluding carboxylic acids is 1. The fourth-order valence-electron chi connectivity index (χ4n) is 9.10. The maximum atomic E-state index is 13.6. The molecule has 8 aromatic carbocycles. The summed E-state index contributed by atoms with van der Waals surface area (Å²) in [4.78, 5) is 18.1. The highest BCUT2D eigenvalue weighted by molar-refractivity contribution is 7.00. The monoisotopic (exact) mass is 920 g/mol. The van der Waals surface area contributed by atoms with Gasteiger partial charge in [-0.05, 0) is 124 Å². The van der Waals surface area contributed by atoms with Crippen LogP contribution in [0, 0.1) is 5.41 Å². The Kier molecular flexibility index (Phi) is 13.1. The molecule has 0 spiro atoms. The molecule has 0 fully saturated rings. The summed E-state index contributed by atoms with van der Waals surface area (Å²) in [5.74, 6) is 0.00921. The quantitative estimate of drug-likeness (QED) is 0.0852. The molecule has 6 heteroatoms. The van der Waals surface area contributed by atoms with Crippen molar-refractivity contribution in [2.75, 3.05) is 9.80 Å². The number of benzene rings is 8. The minimum absolute atomic E-state index is 0.00921. The Hall–Kier alpha value is -7.41. The smallest absolute Gasteiger partial charge is 0.193 e. The minimum atomic E-state index is -0.113. The third-order valence-electron chi connectivity index (χ3n) is 13.7. The fraction of sp³-hybridized carbons (Fsp3) is 0.190. The summed E-state index contributed by atoms with van der Waals surface area (Å²) in [7, 11) is 0. The van der Waals surface area contributed by atoms with Crippen molar-refractivity contribution in [2.45, 2.75) is 72.6 Å². The van der Waals surface area contributed by atoms with Crippen LogP contribution in [0.1, 0.15) is 88.9 Å². The van der Waals surface area contributed by atoms with Crippen LogP contribution in [0.15, 0.2) is 206 Å². The van der Waals surface area contributed by atoms with Crippen LogP contribution in [0.5, 0.6) is 0 Å². The lowest BCUT2D eigenvalue weighted by Crippen LogP contribution is -2.35. The molecule has 0 aliphatic carbocycles. The lowest BCUT2D eigenvalue weighted by atomic mass is 9.64. The summed E-state index contributed by atoms with van der Waals surface area (Å²) in [6, 6.07) is 67.6. The molecule has 0 aliphatic heterocycles. The maximum Gasteiger partial charge on any atom is 0.193 e. The van der Waals surface area contributed by atoms with Crippen LogP contribution in [0.25, 0.3) is 33.3 Å². The average molecular weight is 921 g/mol. The van der Waals surface area contributed by atoms with Gasteiger partial charge in [0.1, 0.15) is 11.0 Å². The Morgan fingerprint density at radius 3 is 1.22 bits per heavy atom. The summed E-state index contributed by atoms with van der Waals surface area (Å²) in [5.41, 5.74) is 16.0. The highest BCUT2D eigenvalue weighted by Crippen LogP contribution is 2.45. The van der Waals surface area contributed by atoms with E-state index in [-0.39, 0.29) is 22.0 Å². The van der Waals surface area contributed by atoms with Crippen LogP contribution in [-0.2, 0) is 10.8 Å². The van der Waals surface area contributed by atoms with Gasteiger partial charge in [-0.3, -0.25) is 4.79 Å². The number of allylic oxidation sites excluding steroid dienone is 2. The molecule has 9 rings (SSSR count). The van der Waals surface area contributed by atoms with Crippen LogP contribution in [0.3, 0.4) is 0 Å². The zero-order valence-electron chi connectivity index (χ0n) is 40.9. The molecule has 0 N–H and O–H groups in total. The second kappa shape index (κ2) is 19.3. The van der Waals surface area contributed by atoms with E-state index in [1.54, 1.807) is 0 Å². The van der Waals surface area contributed by atoms with Crippen molar-refractivity contribution in [3.05, 3.63) is 229 Å². The molecule has 9 aromatic rings. The van der Waals surface area contributed by atoms with Gasteiger partial charge < -0.3 is 9.80 Å². The maximum absolute atomic E-state index is 13.6. The average Bonchev–Trinajstić information content (AvgIpc) is 3.87. The molecule has 1 atom stereocenters. The fourth-order valence-corrected chi connectivity index (χ4v) is 9.67. The molecule has 1 unspecified atom stereocenters. The molecular formula is C63H60N4OS. The highest BCUT2D eigenvalue weighted by atomic mass is 32.1. The van der Waals surface area contributed by atoms with Gasteiger partial charge in [0.05, 0.1) is 11.7 Å². The summed E-state index contributed by atoms with van der Waals surface area (Å²) in [6.07, 6.45) is 5.69. The first kappa shape index (κ1) is 46.7. The summed E-state index contributed by atoms with van der Waals surface area (Å²) < 4.78 is 9.71. The summed E-state index contributed by atoms with van der Waals surface area (Å²) in [6.45, 7) is 18.0. The highest BCUT2D eigenvalue weighted by Gasteiger charge is 2.36. The van der Waals surface area contributed by atoms with E-state index in [4.69, 9.17) is 8.75 Å². The molecule has 344 valence electrons. The first-order valence-electron chi connectivity index (χ1n) is 23.9. The third-order valence-corrected chi connectivity index (χ3v) is 14.2. The topological polar surface area (TPSA) is 49.3 Å². The first-order valence-corrected chi connectivity index (χ1v) is 24.7. The molecule has 0 amide bonds. The van der Waals surface area contributed by atoms with Gasteiger partial charge in [0.15, 0.2) is 5.78 Å². The van der Waals surface area contributed by atoms with Crippen LogP contribution in [0.4, 0.5) is 34.1 Å². The molecule has 1 heterocycles. The number of nitrogens with zero attached hydrogens (tertiary/aromatic N) is 4. The second-order valence-electron chi connectivity index (χ2n) is 20.1. The molecule has 0 radical (unpaired) electrons. The van der Waals surface area contributed by atoms with E-state index in [0.717, 1.165) is 73.8 Å². The zero-order chi connectivity index (χ0) is 48.3. The number of anilines is 6. The summed E-state index contributed by atoms with van der Waals surface area (Å²) in [5, 5.41) is 0. The van der Waals surface area contributed by atoms with E-state index in [0.29, 0.717) is 11.1 Å². The van der Waals surface area contributed by atoms with E-state index in [1.165, 1.54) is 22.9 Å². The number of fused-ring (bicyclic) bond motifs is 1. The largest absolute Gasteiger partial charge is 0.311 e. The Morgan fingerprint density at radius 2 is 0.826 bits per heavy atom. The number of hydrogen-bond acceptors (Lipinski definition) is 6. The van der Waals surface area contributed by atoms with Crippen molar-refractivity contribution in [3.8, 4) is 22.3 Å². The number of rotatable bonds is 13. The molecule has 0 bridgehead atoms. The van der Waals surface area contributed by atoms with Crippen LogP contribution >= 0.6 is 11.7 Å². The van der Waals surface area contributed by atoms with Gasteiger partial charge in [-0.1, -0.05) is 177 Å². The van der Waals surface area contributed by atoms with Gasteiger partial charge >= 0.3 is 0 Å². The van der Waals surface area contributed by atoms with Gasteiger partial charge in [-0.15, -0.1) is 0 Å². The molecular weight excluding hydrogens is 861 g/mol. The predicted molar refractivity (Wildman–Crippen MR) is 292 cm³/mol. The molecule has 69 heavy (non-hydrogen) atoms. The van der Waals surface area contributed by atoms with E-state index >= 15 is 0 Å². The standard InChI is InChI=1S/C63H60N4OS/c1-9-10-43-63(8,62(5,6)7)49-31-39-55(40-32-49)67(51-19-15-12-16-20-51)53-35-25-45(26-36-53)57-42-41-56(58-59(57)65-69-64-58)44-23-33-52(34-24-44)66(50-17-13-11-14-18-50)54-37-27-47(28-38-54)60(68)46-21-29-48(30-22-46)61(2,3)4/h10-43H,9H2,1-8H3/b43-10-. The Morgan fingerprint density at radius 1 is 0.464 bits per heavy atom. The SMILES string of the molecule is CC/C=C\C(C)(c1ccc(N(c2ccccc2)c2ccc(-c3ccc(-c4ccc(N(c5ccccc5)c5ccc(C(=O)c6ccc(C(C)(C)C)cc6)cc5)cc4)c4nsnc34)cc2)cc1)C(C)(C)C. The van der Waals surface area contributed by atoms with E-state index in [9.17, 15) is 4.79 Å². The van der Waals surface area contributed by atoms with Gasteiger partial charge in [-0.2, -0.15) is 8.75 Å². The van der Waals surface area contributed by atoms with Gasteiger partial charge in [0, 0.05) is 61.8 Å². The summed E-state index contributed by atoms with van der Waals surface area (Å²) >= 11 is 1.24. The number of hydrogen-bond donors (Lipinski definition) is 0. The van der Waals surface area contributed by atoms with Crippen molar-refractivity contribution in [2.24, 2.45) is 5.41 Å². The van der Waals surface area contributed by atoms with Gasteiger partial charge in [0.25, 0.3) is 0 Å². The van der Waals surface area contributed by atoms with Gasteiger partial charge in [-0.25, -0.2) is 0 Å². The van der Waals surface area contributed by atoms with E-state index < -0.39 is 0 Å². The number of para-hydroxylation sites is 2. The number of ketones is 1. The lowest BCUT2D eigenvalue weighted by molar-refractivity contribution is 0.103. The molecule has 0 saturated carbocycles. The molecule has 0 saturated heterocycles. The van der Waals surface area contributed by atoms with Crippen LogP contribution < -0.4 is 9.80 Å². The Labute approximate surface area is 412 Å². The third kappa shape index (κ3) is 9.55. The minimum Gasteiger partial charge on any atom is -0.311 e. The van der Waals surface area contributed by atoms with Crippen molar-refractivity contribution in [1.29, 1.82) is 0 Å². The lowest BCUT2D eigenvalue weighted by Gasteiger charge is -2.40. The molecule has 0 aliphatic rings. The van der Waals surface area contributed by atoms with Crippen LogP contribution in [-0.4, -0.2) is 14.5 Å². The van der Waals surface area contributed by atoms with Gasteiger partial charge in [0.2, 0.25) is 0 Å². The molecule has 1 aromatic heterocycles. The van der Waals surface area contributed by atoms with E-state index in [1.807, 2.05) is 54.6 Å². The number of aromatic nitrogens is 2. The van der Waals surface area contributed by atoms with Crippen molar-refractivity contribution in [3.63, 3.8) is 0 Å². The first-order chi connectivity index (χ1) is 33.2. The van der Waals surface area contributed by atoms with Crippen molar-refractivity contribution < 1.29 is 4.79 Å². The zero-order valence-corrected chi connectivity index (χ0v) is 41.8. The Balaban J connectivity index is 0.983. The number of carbonyl (C=O) groups is 1. The van der Waals surface area contributed by atoms with Crippen molar-refractivity contribution >= 4 is 62.7 Å². The second-order valence-corrected chi connectivity index (χ2v) is 20.6. The Bertz CT molecular complexity index is 3200.